The van der Waals surface area contributed by atoms with E-state index >= 15 is 0 Å². The Kier molecular flexibility index (Phi) is 6.44. The molecule has 0 saturated carbocycles. The van der Waals surface area contributed by atoms with Crippen molar-refractivity contribution in [3.8, 4) is 11.5 Å². The predicted octanol–water partition coefficient (Wildman–Crippen LogP) is 3.97. The van der Waals surface area contributed by atoms with Crippen molar-refractivity contribution in [3.05, 3.63) is 53.0 Å². The summed E-state index contributed by atoms with van der Waals surface area (Å²) in [6, 6.07) is 10.9. The van der Waals surface area contributed by atoms with Gasteiger partial charge in [0, 0.05) is 0 Å². The maximum atomic E-state index is 12.9. The Morgan fingerprint density at radius 3 is 2.66 bits per heavy atom. The van der Waals surface area contributed by atoms with E-state index in [4.69, 9.17) is 0 Å². The summed E-state index contributed by atoms with van der Waals surface area (Å²) in [7, 11) is -5.18. The van der Waals surface area contributed by atoms with Gasteiger partial charge in [-0.3, -0.25) is 0 Å². The normalized spacial score (nSPS) is 13.5. The molecule has 0 fully saturated rings. The van der Waals surface area contributed by atoms with Gasteiger partial charge in [0.2, 0.25) is 0 Å². The summed E-state index contributed by atoms with van der Waals surface area (Å²) in [5.41, 5.74) is 4.96. The van der Waals surface area contributed by atoms with Gasteiger partial charge in [0.15, 0.2) is 0 Å². The van der Waals surface area contributed by atoms with Crippen LogP contribution < -0.4 is 0 Å². The van der Waals surface area contributed by atoms with Crippen LogP contribution in [0.25, 0.3) is 10.9 Å². The molecule has 2 N–H and O–H groups in total. The number of benzene rings is 1. The van der Waals surface area contributed by atoms with Crippen LogP contribution in [0.2, 0.25) is 24.3 Å². The van der Waals surface area contributed by atoms with Crippen LogP contribution in [-0.2, 0) is 19.3 Å². The molecule has 2 aromatic heterocycles. The predicted molar refractivity (Wildman–Crippen MR) is 121 cm³/mol. The van der Waals surface area contributed by atoms with Crippen LogP contribution >= 0.6 is 11.3 Å². The van der Waals surface area contributed by atoms with Crippen molar-refractivity contribution < 1.29 is 18.3 Å². The van der Waals surface area contributed by atoms with E-state index in [9.17, 15) is 18.3 Å². The van der Waals surface area contributed by atoms with E-state index < -0.39 is 41.4 Å². The summed E-state index contributed by atoms with van der Waals surface area (Å²) in [5, 5.41) is 10.6. The van der Waals surface area contributed by atoms with Gasteiger partial charge in [0.05, 0.1) is 0 Å². The van der Waals surface area contributed by atoms with Crippen molar-refractivity contribution >= 4 is 59.0 Å². The Morgan fingerprint density at radius 2 is 1.97 bits per heavy atom. The number of H-pyrrole nitrogens is 1. The molecule has 0 aliphatic heterocycles. The molecule has 1 radical (unpaired) electrons. The molecule has 2 heterocycles. The van der Waals surface area contributed by atoms with Gasteiger partial charge in [0.25, 0.3) is 0 Å². The number of aromatic amines is 1. The quantitative estimate of drug-likeness (QED) is 0.391. The molecular weight excluding hydrogens is 485 g/mol. The summed E-state index contributed by atoms with van der Waals surface area (Å²) in [5.74, 6) is 1.99. The molecule has 0 bridgehead atoms. The number of carboxylic acid groups (broad SMARTS) is 1. The first-order chi connectivity index (χ1) is 13.5. The first-order valence-electron chi connectivity index (χ1n) is 8.93. The molecule has 3 aromatic rings. The Morgan fingerprint density at radius 1 is 1.24 bits per heavy atom. The van der Waals surface area contributed by atoms with Crippen LogP contribution in [0.5, 0.6) is 0 Å². The Balaban J connectivity index is 1.82. The number of rotatable bonds is 6. The van der Waals surface area contributed by atoms with E-state index in [0.717, 1.165) is 27.8 Å². The summed E-state index contributed by atoms with van der Waals surface area (Å²) in [6.45, 7) is 6.37. The van der Waals surface area contributed by atoms with Gasteiger partial charge in [0.1, 0.15) is 0 Å². The average Bonchev–Trinajstić information content (AvgIpc) is 3.26. The number of aliphatic carboxylic acids is 1. The zero-order valence-electron chi connectivity index (χ0n) is 16.3. The molecule has 0 aliphatic carbocycles. The standard InChI is InChI=1S/C20H21AsNO4S2Si/c1-29(2,3)11-10-15-8-9-19(27-15)28(25,26)21-17(20(23)24)12-14-13-22-18-7-5-4-6-16(14)18/h4-9,13,17,22H,12H2,1-3H3,(H,23,24)/t17-/m1/s1. The molecular formula is C20H21AsNO4S2Si. The van der Waals surface area contributed by atoms with Crippen molar-refractivity contribution in [1.29, 1.82) is 0 Å². The summed E-state index contributed by atoms with van der Waals surface area (Å²) >= 11 is -0.350. The second kappa shape index (κ2) is 8.53. The fourth-order valence-corrected chi connectivity index (χ4v) is 11.4. The molecule has 5 nitrogen and oxygen atoms in total. The van der Waals surface area contributed by atoms with Crippen LogP contribution in [0, 0.1) is 11.5 Å². The topological polar surface area (TPSA) is 87.2 Å². The van der Waals surface area contributed by atoms with Crippen LogP contribution in [0.15, 0.2) is 46.8 Å². The molecule has 0 amide bonds. The number of hydrogen-bond donors (Lipinski definition) is 2. The Bertz CT molecular complexity index is 1210. The van der Waals surface area contributed by atoms with Gasteiger partial charge in [-0.25, -0.2) is 0 Å². The summed E-state index contributed by atoms with van der Waals surface area (Å²) in [4.78, 5) is 15.6. The van der Waals surface area contributed by atoms with Crippen LogP contribution in [0.4, 0.5) is 0 Å². The van der Waals surface area contributed by atoms with Crippen molar-refractivity contribution in [2.75, 3.05) is 0 Å². The van der Waals surface area contributed by atoms with Gasteiger partial charge in [-0.2, -0.15) is 0 Å². The monoisotopic (exact) mass is 506 g/mol. The zero-order valence-corrected chi connectivity index (χ0v) is 20.8. The number of aromatic nitrogens is 1. The number of carbonyl (C=O) groups is 1. The van der Waals surface area contributed by atoms with Crippen molar-refractivity contribution in [2.24, 2.45) is 0 Å². The van der Waals surface area contributed by atoms with Gasteiger partial charge >= 0.3 is 182 Å². The van der Waals surface area contributed by atoms with Crippen LogP contribution in [0.1, 0.15) is 10.4 Å². The molecule has 0 spiro atoms. The summed E-state index contributed by atoms with van der Waals surface area (Å²) in [6.07, 6.45) is 1.95. The summed E-state index contributed by atoms with van der Waals surface area (Å²) < 4.78 is 25.1. The first kappa shape index (κ1) is 21.9. The average molecular weight is 507 g/mol. The third-order valence-corrected chi connectivity index (χ3v) is 14.0. The molecule has 0 unspecified atom stereocenters. The molecule has 151 valence electrons. The first-order valence-corrected chi connectivity index (χ1v) is 18.1. The van der Waals surface area contributed by atoms with Gasteiger partial charge < -0.3 is 0 Å². The number of thiophene rings is 1. The van der Waals surface area contributed by atoms with Gasteiger partial charge in [-0.1, -0.05) is 0 Å². The van der Waals surface area contributed by atoms with E-state index in [0.29, 0.717) is 4.88 Å². The van der Waals surface area contributed by atoms with Crippen LogP contribution in [0.3, 0.4) is 0 Å². The second-order valence-electron chi connectivity index (χ2n) is 7.62. The SMILES string of the molecule is C[Si](C)(C)C#Cc1ccc(S(=O)(=O)[As][C@H](Cc2c[nH]c3ccccc23)C(=O)O)s1. The number of nitrogens with one attached hydrogen (secondary N) is 1. The molecule has 3 rings (SSSR count). The zero-order chi connectivity index (χ0) is 21.2. The molecule has 0 saturated heterocycles. The number of para-hydroxylation sites is 1. The minimum absolute atomic E-state index is 0.187. The Labute approximate surface area is 181 Å². The van der Waals surface area contributed by atoms with Crippen molar-refractivity contribution in [1.82, 2.24) is 4.98 Å². The van der Waals surface area contributed by atoms with E-state index in [-0.39, 0.29) is 10.6 Å². The van der Waals surface area contributed by atoms with E-state index in [1.807, 2.05) is 24.3 Å². The van der Waals surface area contributed by atoms with E-state index in [2.05, 4.69) is 36.1 Å². The fraction of sp³-hybridized carbons (Fsp3) is 0.250. The third-order valence-electron chi connectivity index (χ3n) is 4.04. The minimum atomic E-state index is -3.63. The molecule has 1 aromatic carbocycles. The molecule has 0 aliphatic rings. The third kappa shape index (κ3) is 5.64. The number of carboxylic acids is 1. The van der Waals surface area contributed by atoms with Crippen molar-refractivity contribution in [2.45, 2.75) is 35.0 Å². The van der Waals surface area contributed by atoms with Gasteiger partial charge in [-0.15, -0.1) is 0 Å². The molecule has 9 heteroatoms. The molecule has 1 atom stereocenters. The fourth-order valence-electron chi connectivity index (χ4n) is 2.67. The van der Waals surface area contributed by atoms with Crippen LogP contribution in [-0.4, -0.2) is 47.1 Å². The second-order valence-corrected chi connectivity index (χ2v) is 21.0. The number of hydrogen-bond acceptors (Lipinski definition) is 4. The number of fused-ring (bicyclic) bond motifs is 1. The Hall–Kier alpha value is -1.78. The van der Waals surface area contributed by atoms with Crippen molar-refractivity contribution in [3.63, 3.8) is 0 Å². The van der Waals surface area contributed by atoms with E-state index in [1.54, 1.807) is 18.3 Å². The maximum absolute atomic E-state index is 12.9. The van der Waals surface area contributed by atoms with E-state index in [1.165, 1.54) is 0 Å². The molecule has 29 heavy (non-hydrogen) atoms. The van der Waals surface area contributed by atoms with Gasteiger partial charge in [-0.05, 0) is 0 Å².